The molecule has 0 amide bonds. The number of thiazole rings is 1. The predicted octanol–water partition coefficient (Wildman–Crippen LogP) is 1.61. The van der Waals surface area contributed by atoms with Crippen LogP contribution in [0.5, 0.6) is 0 Å². The molecule has 104 valence electrons. The number of methoxy groups -OCH3 is 1. The molecule has 18 heavy (non-hydrogen) atoms. The van der Waals surface area contributed by atoms with E-state index in [-0.39, 0.29) is 6.10 Å². The van der Waals surface area contributed by atoms with E-state index in [9.17, 15) is 0 Å². The summed E-state index contributed by atoms with van der Waals surface area (Å²) in [6, 6.07) is 0. The van der Waals surface area contributed by atoms with E-state index in [1.807, 2.05) is 20.9 Å². The van der Waals surface area contributed by atoms with Crippen LogP contribution in [0, 0.1) is 0 Å². The van der Waals surface area contributed by atoms with Gasteiger partial charge >= 0.3 is 0 Å². The first-order valence-electron chi connectivity index (χ1n) is 6.08. The number of likely N-dealkylation sites (N-methyl/N-ethyl adjacent to an activating group) is 1. The fourth-order valence-corrected chi connectivity index (χ4v) is 2.39. The molecule has 0 aromatic carbocycles. The van der Waals surface area contributed by atoms with Crippen LogP contribution in [-0.2, 0) is 22.6 Å². The number of nitrogens with zero attached hydrogens (tertiary/aromatic N) is 2. The molecule has 0 fully saturated rings. The monoisotopic (exact) mass is 273 g/mol. The predicted molar refractivity (Wildman–Crippen MR) is 75.1 cm³/mol. The van der Waals surface area contributed by atoms with E-state index >= 15 is 0 Å². The zero-order valence-corrected chi connectivity index (χ0v) is 12.4. The van der Waals surface area contributed by atoms with E-state index in [1.54, 1.807) is 18.4 Å². The fourth-order valence-electron chi connectivity index (χ4n) is 1.46. The van der Waals surface area contributed by atoms with Crippen molar-refractivity contribution in [3.8, 4) is 0 Å². The van der Waals surface area contributed by atoms with Gasteiger partial charge in [0, 0.05) is 32.1 Å². The van der Waals surface area contributed by atoms with Gasteiger partial charge in [0.05, 0.1) is 25.0 Å². The van der Waals surface area contributed by atoms with Gasteiger partial charge in [-0.1, -0.05) is 0 Å². The van der Waals surface area contributed by atoms with E-state index < -0.39 is 0 Å². The third-order valence-electron chi connectivity index (χ3n) is 2.44. The number of ether oxygens (including phenoxy) is 2. The van der Waals surface area contributed by atoms with E-state index in [0.29, 0.717) is 19.8 Å². The second kappa shape index (κ2) is 7.68. The molecule has 5 nitrogen and oxygen atoms in total. The molecule has 0 saturated carbocycles. The minimum Gasteiger partial charge on any atom is -0.378 e. The van der Waals surface area contributed by atoms with Crippen molar-refractivity contribution < 1.29 is 9.47 Å². The number of aromatic nitrogens is 1. The average Bonchev–Trinajstić information content (AvgIpc) is 2.72. The number of nitrogens with two attached hydrogens (primary N) is 1. The highest BCUT2D eigenvalue weighted by molar-refractivity contribution is 7.15. The molecule has 1 rings (SSSR count). The van der Waals surface area contributed by atoms with Crippen LogP contribution in [0.15, 0.2) is 0 Å². The van der Waals surface area contributed by atoms with Gasteiger partial charge in [0.15, 0.2) is 5.13 Å². The molecule has 2 N–H and O–H groups in total. The smallest absolute Gasteiger partial charge is 0.185 e. The largest absolute Gasteiger partial charge is 0.378 e. The van der Waals surface area contributed by atoms with Crippen molar-refractivity contribution in [3.05, 3.63) is 10.6 Å². The lowest BCUT2D eigenvalue weighted by Crippen LogP contribution is -2.23. The summed E-state index contributed by atoms with van der Waals surface area (Å²) >= 11 is 1.62. The molecule has 0 saturated heterocycles. The van der Waals surface area contributed by atoms with Crippen LogP contribution in [0.1, 0.15) is 24.4 Å². The molecule has 0 aliphatic rings. The Morgan fingerprint density at radius 1 is 1.44 bits per heavy atom. The van der Waals surface area contributed by atoms with Crippen molar-refractivity contribution in [2.45, 2.75) is 33.1 Å². The first kappa shape index (κ1) is 15.4. The minimum atomic E-state index is 0.262. The summed E-state index contributed by atoms with van der Waals surface area (Å²) in [5.74, 6) is 0. The van der Waals surface area contributed by atoms with Gasteiger partial charge in [-0.25, -0.2) is 4.98 Å². The number of rotatable bonds is 8. The summed E-state index contributed by atoms with van der Waals surface area (Å²) < 4.78 is 10.7. The van der Waals surface area contributed by atoms with Crippen molar-refractivity contribution in [2.24, 2.45) is 5.73 Å². The summed E-state index contributed by atoms with van der Waals surface area (Å²) in [7, 11) is 3.68. The summed E-state index contributed by atoms with van der Waals surface area (Å²) in [6.45, 7) is 6.61. The Morgan fingerprint density at radius 3 is 2.72 bits per heavy atom. The molecule has 0 spiro atoms. The molecule has 0 unspecified atom stereocenters. The normalized spacial score (nSPS) is 11.2. The van der Waals surface area contributed by atoms with E-state index in [1.165, 1.54) is 0 Å². The van der Waals surface area contributed by atoms with Crippen molar-refractivity contribution in [3.63, 3.8) is 0 Å². The van der Waals surface area contributed by atoms with Gasteiger partial charge in [-0.2, -0.15) is 0 Å². The van der Waals surface area contributed by atoms with Crippen LogP contribution in [0.2, 0.25) is 0 Å². The first-order valence-corrected chi connectivity index (χ1v) is 6.90. The molecule has 0 bridgehead atoms. The van der Waals surface area contributed by atoms with Crippen LogP contribution < -0.4 is 10.6 Å². The molecule has 1 aromatic rings. The minimum absolute atomic E-state index is 0.262. The third kappa shape index (κ3) is 4.53. The van der Waals surface area contributed by atoms with Gasteiger partial charge in [0.2, 0.25) is 0 Å². The fraction of sp³-hybridized carbons (Fsp3) is 0.750. The Labute approximate surface area is 113 Å². The zero-order valence-electron chi connectivity index (χ0n) is 11.6. The molecule has 0 aliphatic heterocycles. The molecule has 0 aliphatic carbocycles. The SMILES string of the molecule is COCc1nc(N(C)CCOC(C)C)sc1CN. The number of hydrogen-bond acceptors (Lipinski definition) is 6. The zero-order chi connectivity index (χ0) is 13.5. The summed E-state index contributed by atoms with van der Waals surface area (Å²) in [6.07, 6.45) is 0.262. The summed E-state index contributed by atoms with van der Waals surface area (Å²) in [4.78, 5) is 7.73. The van der Waals surface area contributed by atoms with Gasteiger partial charge in [-0.05, 0) is 13.8 Å². The Morgan fingerprint density at radius 2 is 2.17 bits per heavy atom. The highest BCUT2D eigenvalue weighted by Crippen LogP contribution is 2.25. The van der Waals surface area contributed by atoms with Crippen molar-refractivity contribution in [1.29, 1.82) is 0 Å². The average molecular weight is 273 g/mol. The maximum Gasteiger partial charge on any atom is 0.185 e. The Balaban J connectivity index is 2.59. The highest BCUT2D eigenvalue weighted by atomic mass is 32.1. The van der Waals surface area contributed by atoms with Gasteiger partial charge in [0.1, 0.15) is 0 Å². The lowest BCUT2D eigenvalue weighted by Gasteiger charge is -2.16. The quantitative estimate of drug-likeness (QED) is 0.779. The molecular formula is C12H23N3O2S. The van der Waals surface area contributed by atoms with Gasteiger partial charge in [-0.15, -0.1) is 11.3 Å². The highest BCUT2D eigenvalue weighted by Gasteiger charge is 2.12. The van der Waals surface area contributed by atoms with Crippen molar-refractivity contribution in [2.75, 3.05) is 32.2 Å². The Hall–Kier alpha value is -0.690. The molecule has 1 heterocycles. The lowest BCUT2D eigenvalue weighted by molar-refractivity contribution is 0.0846. The first-order chi connectivity index (χ1) is 8.58. The maximum atomic E-state index is 5.71. The lowest BCUT2D eigenvalue weighted by atomic mass is 10.4. The standard InChI is InChI=1S/C12H23N3O2S/c1-9(2)17-6-5-15(3)12-14-10(8-16-4)11(7-13)18-12/h9H,5-8,13H2,1-4H3. The molecular weight excluding hydrogens is 250 g/mol. The van der Waals surface area contributed by atoms with Gasteiger partial charge < -0.3 is 20.1 Å². The van der Waals surface area contributed by atoms with Crippen LogP contribution in [0.3, 0.4) is 0 Å². The van der Waals surface area contributed by atoms with E-state index in [2.05, 4.69) is 9.88 Å². The van der Waals surface area contributed by atoms with Crippen molar-refractivity contribution in [1.82, 2.24) is 4.98 Å². The van der Waals surface area contributed by atoms with Crippen LogP contribution in [-0.4, -0.2) is 38.4 Å². The van der Waals surface area contributed by atoms with Gasteiger partial charge in [-0.3, -0.25) is 0 Å². The molecule has 1 aromatic heterocycles. The van der Waals surface area contributed by atoms with E-state index in [0.717, 1.165) is 22.2 Å². The third-order valence-corrected chi connectivity index (χ3v) is 3.67. The second-order valence-electron chi connectivity index (χ2n) is 4.34. The van der Waals surface area contributed by atoms with Crippen LogP contribution in [0.4, 0.5) is 5.13 Å². The van der Waals surface area contributed by atoms with Gasteiger partial charge in [0.25, 0.3) is 0 Å². The maximum absolute atomic E-state index is 5.71. The Kier molecular flexibility index (Phi) is 6.56. The number of anilines is 1. The molecule has 6 heteroatoms. The number of hydrogen-bond donors (Lipinski definition) is 1. The summed E-state index contributed by atoms with van der Waals surface area (Å²) in [5, 5.41) is 0.967. The van der Waals surface area contributed by atoms with E-state index in [4.69, 9.17) is 15.2 Å². The van der Waals surface area contributed by atoms with Crippen LogP contribution in [0.25, 0.3) is 0 Å². The summed E-state index contributed by atoms with van der Waals surface area (Å²) in [5.41, 5.74) is 6.65. The molecule has 0 atom stereocenters. The van der Waals surface area contributed by atoms with Crippen LogP contribution >= 0.6 is 11.3 Å². The topological polar surface area (TPSA) is 60.6 Å². The molecule has 0 radical (unpaired) electrons. The Bertz CT molecular complexity index is 355. The van der Waals surface area contributed by atoms with Crippen molar-refractivity contribution >= 4 is 16.5 Å². The second-order valence-corrected chi connectivity index (χ2v) is 5.41.